The molecule has 96 heavy (non-hydrogen) atoms. The highest BCUT2D eigenvalue weighted by Crippen LogP contribution is 2.24. The Morgan fingerprint density at radius 2 is 1.19 bits per heavy atom. The third kappa shape index (κ3) is 22.0. The third-order valence-corrected chi connectivity index (χ3v) is 15.3. The number of para-hydroxylation sites is 2. The number of alkyl halides is 3. The van der Waals surface area contributed by atoms with Crippen LogP contribution in [-0.2, 0) is 78.4 Å². The summed E-state index contributed by atoms with van der Waals surface area (Å²) in [6, 6.07) is 9.14. The number of halogens is 3. The van der Waals surface area contributed by atoms with Gasteiger partial charge in [-0.3, -0.25) is 52.9 Å². The number of hydrogen-bond donors (Lipinski definition) is 17. The van der Waals surface area contributed by atoms with Crippen molar-refractivity contribution in [3.8, 4) is 5.75 Å². The van der Waals surface area contributed by atoms with Crippen LogP contribution in [0.3, 0.4) is 0 Å². The molecule has 8 atom stereocenters. The number of likely N-dealkylation sites (tertiary alicyclic amines) is 1. The highest BCUT2D eigenvalue weighted by molar-refractivity contribution is 5.99. The van der Waals surface area contributed by atoms with Gasteiger partial charge in [0.15, 0.2) is 5.96 Å². The van der Waals surface area contributed by atoms with Gasteiger partial charge in [-0.2, -0.15) is 13.2 Å². The second kappa shape index (κ2) is 35.3. The summed E-state index contributed by atoms with van der Waals surface area (Å²) in [5, 5.41) is 50.6. The topological polar surface area (TPSA) is 499 Å². The van der Waals surface area contributed by atoms with Crippen molar-refractivity contribution in [3.63, 3.8) is 0 Å². The van der Waals surface area contributed by atoms with Crippen molar-refractivity contribution >= 4 is 93.3 Å². The van der Waals surface area contributed by atoms with E-state index in [-0.39, 0.29) is 82.1 Å². The quantitative estimate of drug-likeness (QED) is 0.00984. The zero-order chi connectivity index (χ0) is 70.2. The van der Waals surface area contributed by atoms with Crippen molar-refractivity contribution in [1.82, 2.24) is 67.4 Å². The second-order valence-corrected chi connectivity index (χ2v) is 22.9. The summed E-state index contributed by atoms with van der Waals surface area (Å²) in [5.41, 5.74) is 19.9. The molecule has 31 nitrogen and oxygen atoms in total. The van der Waals surface area contributed by atoms with E-state index in [4.69, 9.17) is 27.1 Å². The number of primary amides is 1. The molecule has 1 aliphatic heterocycles. The molecule has 4 heterocycles. The number of phenolic OH excluding ortho intramolecular Hbond substituents is 1. The zero-order valence-corrected chi connectivity index (χ0v) is 52.2. The number of nitrogens with one attached hydrogen (secondary N) is 11. The number of aliphatic hydroxyl groups excluding tert-OH is 1. The van der Waals surface area contributed by atoms with E-state index >= 15 is 4.79 Å². The molecule has 516 valence electrons. The van der Waals surface area contributed by atoms with Gasteiger partial charge in [0, 0.05) is 84.9 Å². The van der Waals surface area contributed by atoms with Crippen LogP contribution in [0, 0.1) is 5.92 Å². The number of nitrogens with two attached hydrogens (primary N) is 3. The SMILES string of the molecule is CC(C)C[C@H](NC(=O)[C@@H](Cc1c[nH]c2ccccc12)NC(=O)[C@H](Cc1ccc(O)cc1)NC(=O)[C@H](CO)NC(=O)[C@H](Cc1c[nH]c2ccccc12)NC(=O)[C@H](Cc1cnc[nH]1)NC=O)C(=O)N[C@@H](CCCN=C(N)N)C(=O)N1CCC[C@H]1C(=O)NCC(N)=O.O=C(O)C(F)(F)F. The van der Waals surface area contributed by atoms with E-state index in [1.807, 2.05) is 18.2 Å². The number of carbonyl (C=O) groups is 11. The number of fused-ring (bicyclic) bond motifs is 2. The maximum absolute atomic E-state index is 15.0. The molecular weight excluding hydrogens is 1260 g/mol. The number of carboxylic acid groups (broad SMARTS) is 1. The molecule has 0 radical (unpaired) electrons. The van der Waals surface area contributed by atoms with E-state index < -0.39 is 127 Å². The first-order chi connectivity index (χ1) is 45.6. The van der Waals surface area contributed by atoms with Gasteiger partial charge >= 0.3 is 12.1 Å². The highest BCUT2D eigenvalue weighted by atomic mass is 19.4. The van der Waals surface area contributed by atoms with E-state index in [9.17, 15) is 66.5 Å². The van der Waals surface area contributed by atoms with Crippen LogP contribution in [0.4, 0.5) is 13.2 Å². The van der Waals surface area contributed by atoms with E-state index in [1.165, 1.54) is 41.7 Å². The Labute approximate surface area is 546 Å². The lowest BCUT2D eigenvalue weighted by atomic mass is 9.99. The fourth-order valence-corrected chi connectivity index (χ4v) is 10.5. The minimum Gasteiger partial charge on any atom is -0.508 e. The maximum atomic E-state index is 15.0. The number of aromatic nitrogens is 4. The largest absolute Gasteiger partial charge is 0.508 e. The summed E-state index contributed by atoms with van der Waals surface area (Å²) in [5.74, 6) is -10.6. The van der Waals surface area contributed by atoms with Crippen LogP contribution in [-0.4, -0.2) is 192 Å². The van der Waals surface area contributed by atoms with Crippen molar-refractivity contribution in [2.45, 2.75) is 126 Å². The number of aromatic amines is 3. The number of carbonyl (C=O) groups excluding carboxylic acids is 10. The number of H-pyrrole nitrogens is 3. The Bertz CT molecular complexity index is 3710. The molecule has 10 amide bonds. The number of imidazole rings is 1. The molecular formula is C62H78F3N17O14. The number of benzene rings is 3. The number of aliphatic imine (C=N–C) groups is 1. The van der Waals surface area contributed by atoms with Crippen LogP contribution in [0.2, 0.25) is 0 Å². The number of aromatic hydroxyl groups is 1. The average Bonchev–Trinajstić information content (AvgIpc) is 1.66. The molecule has 1 saturated heterocycles. The van der Waals surface area contributed by atoms with Gasteiger partial charge in [0.1, 0.15) is 54.1 Å². The molecule has 0 spiro atoms. The van der Waals surface area contributed by atoms with Gasteiger partial charge in [-0.1, -0.05) is 62.4 Å². The number of guanidine groups is 1. The van der Waals surface area contributed by atoms with Crippen LogP contribution >= 0.6 is 0 Å². The summed E-state index contributed by atoms with van der Waals surface area (Å²) in [6.45, 7) is 2.39. The minimum atomic E-state index is -5.08. The second-order valence-electron chi connectivity index (χ2n) is 22.9. The lowest BCUT2D eigenvalue weighted by molar-refractivity contribution is -0.192. The van der Waals surface area contributed by atoms with Crippen molar-refractivity contribution in [2.24, 2.45) is 28.1 Å². The Morgan fingerprint density at radius 1 is 0.688 bits per heavy atom. The predicted octanol–water partition coefficient (Wildman–Crippen LogP) is -1.31. The van der Waals surface area contributed by atoms with Crippen molar-refractivity contribution in [1.29, 1.82) is 0 Å². The van der Waals surface area contributed by atoms with Gasteiger partial charge in [-0.05, 0) is 79.0 Å². The Kier molecular flexibility index (Phi) is 27.2. The molecule has 0 saturated carbocycles. The molecule has 1 fully saturated rings. The minimum absolute atomic E-state index is 0.0000894. The molecule has 0 bridgehead atoms. The number of phenols is 1. The first-order valence-electron chi connectivity index (χ1n) is 30.4. The number of carboxylic acids is 1. The Balaban J connectivity index is 0.00000197. The average molecular weight is 1340 g/mol. The molecule has 1 aliphatic rings. The summed E-state index contributed by atoms with van der Waals surface area (Å²) in [4.78, 5) is 166. The monoisotopic (exact) mass is 1340 g/mol. The van der Waals surface area contributed by atoms with Crippen LogP contribution in [0.15, 0.2) is 103 Å². The number of nitrogens with zero attached hydrogens (tertiary/aromatic N) is 3. The first-order valence-corrected chi connectivity index (χ1v) is 30.4. The van der Waals surface area contributed by atoms with Gasteiger partial charge in [-0.25, -0.2) is 9.78 Å². The maximum Gasteiger partial charge on any atom is 0.490 e. The van der Waals surface area contributed by atoms with Gasteiger partial charge in [0.25, 0.3) is 0 Å². The van der Waals surface area contributed by atoms with Gasteiger partial charge in [0.05, 0.1) is 19.5 Å². The fourth-order valence-electron chi connectivity index (χ4n) is 10.5. The van der Waals surface area contributed by atoms with Crippen LogP contribution < -0.4 is 59.7 Å². The number of aliphatic carboxylic acids is 1. The van der Waals surface area contributed by atoms with Gasteiger partial charge < -0.3 is 94.9 Å². The highest BCUT2D eigenvalue weighted by Gasteiger charge is 2.41. The van der Waals surface area contributed by atoms with E-state index in [0.717, 1.165) is 10.9 Å². The summed E-state index contributed by atoms with van der Waals surface area (Å²) in [7, 11) is 0. The van der Waals surface area contributed by atoms with Gasteiger partial charge in [0.2, 0.25) is 59.6 Å². The van der Waals surface area contributed by atoms with Crippen molar-refractivity contribution in [3.05, 3.63) is 120 Å². The molecule has 6 aromatic rings. The van der Waals surface area contributed by atoms with Crippen LogP contribution in [0.25, 0.3) is 21.8 Å². The molecule has 34 heteroatoms. The lowest BCUT2D eigenvalue weighted by Gasteiger charge is -2.30. The normalized spacial score (nSPS) is 15.0. The molecule has 20 N–H and O–H groups in total. The Morgan fingerprint density at radius 3 is 1.69 bits per heavy atom. The summed E-state index contributed by atoms with van der Waals surface area (Å²) in [6.07, 6.45) is 1.75. The van der Waals surface area contributed by atoms with Gasteiger partial charge in [-0.15, -0.1) is 0 Å². The molecule has 3 aromatic carbocycles. The van der Waals surface area contributed by atoms with E-state index in [2.05, 4.69) is 67.5 Å². The van der Waals surface area contributed by atoms with Crippen LogP contribution in [0.5, 0.6) is 5.75 Å². The number of amides is 10. The smallest absolute Gasteiger partial charge is 0.490 e. The number of hydrogen-bond acceptors (Lipinski definition) is 15. The molecule has 0 unspecified atom stereocenters. The molecule has 0 aliphatic carbocycles. The Hall–Kier alpha value is -11.1. The number of aliphatic hydroxyl groups is 1. The lowest BCUT2D eigenvalue weighted by Crippen LogP contribution is -2.61. The molecule has 3 aromatic heterocycles. The number of rotatable bonds is 33. The zero-order valence-electron chi connectivity index (χ0n) is 52.2. The standard InChI is InChI=1S/C60H77N17O12.C2HF3O2/c1-33(2)21-45(53(83)71-43(13-7-19-65-60(62)63)59(89)77-20-8-14-50(77)58(88)68-29-51(61)81)72-55(85)47(23-35-26-66-41-11-5-3-9-39(35)41)75-54(84)46(22-34-15-17-38(80)18-16-34)73-57(87)49(30-78)76-56(86)48(24-36-27-67-42-12-6-4-10-40(36)42)74-52(82)44(70-32-79)25-37-28-64-31-69-37;3-2(4,5)1(6)7/h3-6,9-12,15-18,26-28,31-33,43-50,66-67,78,80H,7-8,13-14,19-25,29-30H2,1-2H3,(H2,61,81)(H,64,69)(H,68,88)(H,70,79)(H,71,83)(H,72,85)(H,73,87)(H,74,82)(H,75,84)(H,76,86)(H4,62,63,65);(H,6,7)/t43-,44-,45-,46-,47+,48-,49-,50-;/m0./s1. The van der Waals surface area contributed by atoms with E-state index in [1.54, 1.807) is 56.6 Å². The predicted molar refractivity (Wildman–Crippen MR) is 340 cm³/mol. The summed E-state index contributed by atoms with van der Waals surface area (Å²) < 4.78 is 31.7. The first kappa shape index (κ1) is 74.0. The van der Waals surface area contributed by atoms with Crippen molar-refractivity contribution in [2.75, 3.05) is 26.2 Å². The fraction of sp³-hybridized carbons (Fsp3) is 0.403. The molecule has 7 rings (SSSR count). The summed E-state index contributed by atoms with van der Waals surface area (Å²) >= 11 is 0. The van der Waals surface area contributed by atoms with E-state index in [0.29, 0.717) is 46.1 Å². The third-order valence-electron chi connectivity index (χ3n) is 15.3. The van der Waals surface area contributed by atoms with Crippen molar-refractivity contribution < 1.29 is 81.2 Å². The van der Waals surface area contributed by atoms with Crippen LogP contribution in [0.1, 0.15) is 68.3 Å².